The van der Waals surface area contributed by atoms with Crippen LogP contribution in [0.5, 0.6) is 0 Å². The maximum absolute atomic E-state index is 4.94. The van der Waals surface area contributed by atoms with Crippen molar-refractivity contribution in [3.05, 3.63) is 77.9 Å². The minimum atomic E-state index is 0.766. The smallest absolute Gasteiger partial charge is 0.145 e. The molecule has 0 bridgehead atoms. The second-order valence-electron chi connectivity index (χ2n) is 6.86. The molecule has 0 amide bonds. The van der Waals surface area contributed by atoms with Crippen molar-refractivity contribution in [3.63, 3.8) is 0 Å². The molecule has 0 N–H and O–H groups in total. The number of imidazole rings is 1. The number of pyridine rings is 2. The van der Waals surface area contributed by atoms with Crippen molar-refractivity contribution in [2.75, 3.05) is 0 Å². The Balaban J connectivity index is 1.52. The molecule has 5 rings (SSSR count). The van der Waals surface area contributed by atoms with Gasteiger partial charge in [-0.1, -0.05) is 24.3 Å². The van der Waals surface area contributed by atoms with Gasteiger partial charge in [0.15, 0.2) is 0 Å². The van der Waals surface area contributed by atoms with Crippen LogP contribution in [0.15, 0.2) is 55.0 Å². The summed E-state index contributed by atoms with van der Waals surface area (Å²) in [6.45, 7) is 4.14. The quantitative estimate of drug-likeness (QED) is 0.487. The van der Waals surface area contributed by atoms with Gasteiger partial charge in [-0.05, 0) is 37.8 Å². The second kappa shape index (κ2) is 6.13. The summed E-state index contributed by atoms with van der Waals surface area (Å²) in [5, 5.41) is 3.40. The van der Waals surface area contributed by atoms with E-state index in [1.807, 2.05) is 19.2 Å². The van der Waals surface area contributed by atoms with Gasteiger partial charge in [-0.25, -0.2) is 15.0 Å². The van der Waals surface area contributed by atoms with Crippen LogP contribution in [-0.4, -0.2) is 24.3 Å². The number of aromatic nitrogens is 5. The molecule has 0 radical (unpaired) electrons. The summed E-state index contributed by atoms with van der Waals surface area (Å²) >= 11 is 0. The zero-order valence-corrected chi connectivity index (χ0v) is 15.3. The van der Waals surface area contributed by atoms with Gasteiger partial charge >= 0.3 is 0 Å². The van der Waals surface area contributed by atoms with E-state index in [1.54, 1.807) is 6.20 Å². The second-order valence-corrected chi connectivity index (χ2v) is 6.86. The molecule has 0 atom stereocenters. The van der Waals surface area contributed by atoms with Crippen LogP contribution in [-0.2, 0) is 12.8 Å². The average molecular weight is 353 g/mol. The largest absolute Gasteiger partial charge is 0.304 e. The fraction of sp³-hybridized carbons (Fsp3) is 0.182. The van der Waals surface area contributed by atoms with E-state index in [0.29, 0.717) is 0 Å². The van der Waals surface area contributed by atoms with Gasteiger partial charge in [-0.15, -0.1) is 0 Å². The van der Waals surface area contributed by atoms with Crippen molar-refractivity contribution in [2.45, 2.75) is 26.7 Å². The minimum Gasteiger partial charge on any atom is -0.304 e. The number of fused-ring (bicyclic) bond motifs is 4. The van der Waals surface area contributed by atoms with Crippen molar-refractivity contribution in [2.24, 2.45) is 0 Å². The lowest BCUT2D eigenvalue weighted by Gasteiger charge is -2.05. The molecular weight excluding hydrogens is 334 g/mol. The molecule has 5 nitrogen and oxygen atoms in total. The molecule has 0 saturated carbocycles. The van der Waals surface area contributed by atoms with E-state index in [2.05, 4.69) is 57.8 Å². The van der Waals surface area contributed by atoms with E-state index in [-0.39, 0.29) is 0 Å². The molecule has 1 aromatic carbocycles. The van der Waals surface area contributed by atoms with Gasteiger partial charge in [0.05, 0.1) is 16.9 Å². The zero-order chi connectivity index (χ0) is 18.4. The summed E-state index contributed by atoms with van der Waals surface area (Å²) in [6, 6.07) is 12.5. The lowest BCUT2D eigenvalue weighted by atomic mass is 10.2. The highest BCUT2D eigenvalue weighted by molar-refractivity contribution is 5.94. The third-order valence-electron chi connectivity index (χ3n) is 5.17. The van der Waals surface area contributed by atoms with Gasteiger partial charge in [0.25, 0.3) is 0 Å². The molecule has 0 aliphatic rings. The summed E-state index contributed by atoms with van der Waals surface area (Å²) in [7, 11) is 0. The van der Waals surface area contributed by atoms with E-state index in [9.17, 15) is 0 Å². The highest BCUT2D eigenvalue weighted by atomic mass is 15.0. The predicted molar refractivity (Wildman–Crippen MR) is 107 cm³/mol. The SMILES string of the molecule is Cc1nc(CCc2nc3c4ccccc4ccn3c2C)nc2ccncc12. The lowest BCUT2D eigenvalue weighted by molar-refractivity contribution is 0.836. The number of nitrogens with zero attached hydrogens (tertiary/aromatic N) is 5. The summed E-state index contributed by atoms with van der Waals surface area (Å²) in [6.07, 6.45) is 7.29. The number of aryl methyl sites for hydroxylation is 4. The first-order chi connectivity index (χ1) is 13.2. The van der Waals surface area contributed by atoms with Crippen LogP contribution in [0, 0.1) is 13.8 Å². The van der Waals surface area contributed by atoms with Crippen molar-refractivity contribution >= 4 is 27.3 Å². The molecule has 5 aromatic rings. The van der Waals surface area contributed by atoms with E-state index in [4.69, 9.17) is 9.97 Å². The molecule has 0 saturated heterocycles. The van der Waals surface area contributed by atoms with Crippen LogP contribution < -0.4 is 0 Å². The first kappa shape index (κ1) is 15.9. The molecule has 132 valence electrons. The molecule has 27 heavy (non-hydrogen) atoms. The number of hydrogen-bond acceptors (Lipinski definition) is 4. The van der Waals surface area contributed by atoms with E-state index in [1.165, 1.54) is 16.5 Å². The normalized spacial score (nSPS) is 11.6. The Morgan fingerprint density at radius 2 is 1.78 bits per heavy atom. The molecule has 0 unspecified atom stereocenters. The Kier molecular flexibility index (Phi) is 3.60. The van der Waals surface area contributed by atoms with Crippen LogP contribution in [0.25, 0.3) is 27.3 Å². The Labute approximate surface area is 156 Å². The Bertz CT molecular complexity index is 1300. The Morgan fingerprint density at radius 3 is 2.70 bits per heavy atom. The Morgan fingerprint density at radius 1 is 0.889 bits per heavy atom. The van der Waals surface area contributed by atoms with Crippen LogP contribution in [0.4, 0.5) is 0 Å². The standard InChI is InChI=1S/C22H19N5/c1-14-18-13-23-11-9-20(18)25-21(24-14)8-7-19-15(2)27-12-10-16-5-3-4-6-17(16)22(27)26-19/h3-6,9-13H,7-8H2,1-2H3. The average Bonchev–Trinajstić information content (AvgIpc) is 3.03. The monoisotopic (exact) mass is 353 g/mol. The topological polar surface area (TPSA) is 56.0 Å². The third-order valence-corrected chi connectivity index (χ3v) is 5.17. The van der Waals surface area contributed by atoms with Crippen LogP contribution in [0.1, 0.15) is 22.9 Å². The van der Waals surface area contributed by atoms with Crippen LogP contribution in [0.3, 0.4) is 0 Å². The first-order valence-corrected chi connectivity index (χ1v) is 9.13. The molecule has 4 heterocycles. The van der Waals surface area contributed by atoms with Crippen molar-refractivity contribution in [3.8, 4) is 0 Å². The Hall–Kier alpha value is -3.34. The molecule has 5 heteroatoms. The van der Waals surface area contributed by atoms with Crippen LogP contribution in [0.2, 0.25) is 0 Å². The summed E-state index contributed by atoms with van der Waals surface area (Å²) in [5.41, 5.74) is 5.22. The van der Waals surface area contributed by atoms with E-state index < -0.39 is 0 Å². The molecule has 0 aliphatic carbocycles. The van der Waals surface area contributed by atoms with Crippen molar-refractivity contribution in [1.82, 2.24) is 24.3 Å². The number of hydrogen-bond donors (Lipinski definition) is 0. The highest BCUT2D eigenvalue weighted by Gasteiger charge is 2.12. The molecule has 0 spiro atoms. The van der Waals surface area contributed by atoms with Gasteiger partial charge in [0.2, 0.25) is 0 Å². The molecular formula is C22H19N5. The van der Waals surface area contributed by atoms with Gasteiger partial charge in [0, 0.05) is 41.5 Å². The fourth-order valence-electron chi connectivity index (χ4n) is 3.69. The van der Waals surface area contributed by atoms with Crippen LogP contribution >= 0.6 is 0 Å². The fourth-order valence-corrected chi connectivity index (χ4v) is 3.69. The minimum absolute atomic E-state index is 0.766. The summed E-state index contributed by atoms with van der Waals surface area (Å²) < 4.78 is 2.18. The van der Waals surface area contributed by atoms with Crippen molar-refractivity contribution in [1.29, 1.82) is 0 Å². The third kappa shape index (κ3) is 2.63. The number of rotatable bonds is 3. The highest BCUT2D eigenvalue weighted by Crippen LogP contribution is 2.23. The van der Waals surface area contributed by atoms with Crippen molar-refractivity contribution < 1.29 is 0 Å². The summed E-state index contributed by atoms with van der Waals surface area (Å²) in [4.78, 5) is 18.5. The molecule has 0 aliphatic heterocycles. The predicted octanol–water partition coefficient (Wildman–Crippen LogP) is 4.23. The van der Waals surface area contributed by atoms with Gasteiger partial charge in [-0.3, -0.25) is 4.98 Å². The van der Waals surface area contributed by atoms with Gasteiger partial charge in [0.1, 0.15) is 11.5 Å². The van der Waals surface area contributed by atoms with Gasteiger partial charge in [-0.2, -0.15) is 0 Å². The van der Waals surface area contributed by atoms with E-state index in [0.717, 1.165) is 46.6 Å². The van der Waals surface area contributed by atoms with Gasteiger partial charge < -0.3 is 4.40 Å². The number of benzene rings is 1. The maximum atomic E-state index is 4.94. The first-order valence-electron chi connectivity index (χ1n) is 9.13. The molecule has 0 fully saturated rings. The zero-order valence-electron chi connectivity index (χ0n) is 15.3. The molecule has 4 aromatic heterocycles. The van der Waals surface area contributed by atoms with E-state index >= 15 is 0 Å². The lowest BCUT2D eigenvalue weighted by Crippen LogP contribution is -2.02. The summed E-state index contributed by atoms with van der Waals surface area (Å²) in [5.74, 6) is 0.854. The maximum Gasteiger partial charge on any atom is 0.145 e.